The summed E-state index contributed by atoms with van der Waals surface area (Å²) < 4.78 is 15.2. The van der Waals surface area contributed by atoms with Crippen LogP contribution in [0.3, 0.4) is 0 Å². The van der Waals surface area contributed by atoms with Gasteiger partial charge in [0, 0.05) is 11.3 Å². The number of ether oxygens (including phenoxy) is 3. The summed E-state index contributed by atoms with van der Waals surface area (Å²) in [5.41, 5.74) is 9.33. The van der Waals surface area contributed by atoms with Gasteiger partial charge in [-0.15, -0.1) is 11.3 Å². The summed E-state index contributed by atoms with van der Waals surface area (Å²) in [6.07, 6.45) is 0.504. The van der Waals surface area contributed by atoms with Gasteiger partial charge in [0.1, 0.15) is 22.3 Å². The number of methoxy groups -OCH3 is 2. The standard InChI is InChI=1S/C15H17NO3S.C10H12O2/c1-4-19-15(17)12-9(2)13(20-14(12)16)10-5-7-11(18-3)8-6-10;1-8(11)7-9-3-5-10(12-2)6-4-9/h5-8H,4,16H2,1-3H3;3-6H,7H2,1-2H3. The van der Waals surface area contributed by atoms with E-state index in [-0.39, 0.29) is 11.8 Å². The number of anilines is 1. The molecular formula is C25H29NO5S. The lowest BCUT2D eigenvalue weighted by Gasteiger charge is -2.04. The lowest BCUT2D eigenvalue weighted by atomic mass is 10.1. The van der Waals surface area contributed by atoms with E-state index in [2.05, 4.69) is 0 Å². The van der Waals surface area contributed by atoms with Crippen LogP contribution >= 0.6 is 11.3 Å². The molecule has 170 valence electrons. The number of carbonyl (C=O) groups excluding carboxylic acids is 2. The van der Waals surface area contributed by atoms with Crippen LogP contribution in [-0.4, -0.2) is 32.6 Å². The fraction of sp³-hybridized carbons (Fsp3) is 0.280. The van der Waals surface area contributed by atoms with Gasteiger partial charge in [-0.1, -0.05) is 12.1 Å². The Bertz CT molecular complexity index is 1040. The van der Waals surface area contributed by atoms with Gasteiger partial charge in [0.05, 0.1) is 26.4 Å². The van der Waals surface area contributed by atoms with E-state index in [1.54, 1.807) is 28.1 Å². The second kappa shape index (κ2) is 11.9. The van der Waals surface area contributed by atoms with Gasteiger partial charge in [-0.25, -0.2) is 4.79 Å². The van der Waals surface area contributed by atoms with E-state index in [0.717, 1.165) is 33.1 Å². The molecule has 2 N–H and O–H groups in total. The first-order valence-electron chi connectivity index (χ1n) is 10.1. The number of hydrogen-bond donors (Lipinski definition) is 1. The predicted molar refractivity (Wildman–Crippen MR) is 129 cm³/mol. The highest BCUT2D eigenvalue weighted by Crippen LogP contribution is 2.38. The Morgan fingerprint density at radius 1 is 0.938 bits per heavy atom. The third-order valence-electron chi connectivity index (χ3n) is 4.62. The van der Waals surface area contributed by atoms with E-state index >= 15 is 0 Å². The van der Waals surface area contributed by atoms with Crippen LogP contribution in [0.15, 0.2) is 48.5 Å². The number of benzene rings is 2. The number of nitrogen functional groups attached to an aromatic ring is 1. The second-order valence-electron chi connectivity index (χ2n) is 6.97. The largest absolute Gasteiger partial charge is 0.497 e. The van der Waals surface area contributed by atoms with Crippen molar-refractivity contribution in [3.05, 3.63) is 65.2 Å². The minimum Gasteiger partial charge on any atom is -0.497 e. The Morgan fingerprint density at radius 2 is 1.47 bits per heavy atom. The van der Waals surface area contributed by atoms with Crippen LogP contribution in [0, 0.1) is 6.92 Å². The zero-order valence-corrected chi connectivity index (χ0v) is 19.9. The molecule has 0 aliphatic rings. The summed E-state index contributed by atoms with van der Waals surface area (Å²) in [6, 6.07) is 15.2. The molecule has 0 aliphatic heterocycles. The van der Waals surface area contributed by atoms with Crippen LogP contribution in [-0.2, 0) is 16.0 Å². The number of esters is 1. The molecule has 3 aromatic rings. The van der Waals surface area contributed by atoms with E-state index in [0.29, 0.717) is 23.6 Å². The SMILES string of the molecule is CCOC(=O)c1c(N)sc(-c2ccc(OC)cc2)c1C.COc1ccc(CC(C)=O)cc1. The van der Waals surface area contributed by atoms with Crippen molar-refractivity contribution in [2.75, 3.05) is 26.6 Å². The Morgan fingerprint density at radius 3 is 1.94 bits per heavy atom. The van der Waals surface area contributed by atoms with Crippen LogP contribution in [0.1, 0.15) is 35.3 Å². The van der Waals surface area contributed by atoms with Gasteiger partial charge in [-0.3, -0.25) is 4.79 Å². The molecule has 0 radical (unpaired) electrons. The molecule has 0 amide bonds. The lowest BCUT2D eigenvalue weighted by molar-refractivity contribution is -0.116. The average molecular weight is 456 g/mol. The number of rotatable bonds is 7. The first kappa shape index (κ1) is 24.9. The third kappa shape index (κ3) is 6.59. The normalized spacial score (nSPS) is 10.0. The maximum atomic E-state index is 11.9. The third-order valence-corrected chi connectivity index (χ3v) is 5.79. The van der Waals surface area contributed by atoms with Crippen molar-refractivity contribution in [1.29, 1.82) is 0 Å². The summed E-state index contributed by atoms with van der Waals surface area (Å²) in [5.74, 6) is 1.43. The van der Waals surface area contributed by atoms with Crippen LogP contribution in [0.5, 0.6) is 11.5 Å². The minimum absolute atomic E-state index is 0.181. The minimum atomic E-state index is -0.362. The quantitative estimate of drug-likeness (QED) is 0.485. The number of ketones is 1. The Hall–Kier alpha value is -3.32. The fourth-order valence-electron chi connectivity index (χ4n) is 3.04. The summed E-state index contributed by atoms with van der Waals surface area (Å²) in [7, 11) is 3.25. The maximum absolute atomic E-state index is 11.9. The zero-order chi connectivity index (χ0) is 23.7. The zero-order valence-electron chi connectivity index (χ0n) is 19.1. The summed E-state index contributed by atoms with van der Waals surface area (Å²) >= 11 is 1.40. The van der Waals surface area contributed by atoms with Crippen LogP contribution in [0.2, 0.25) is 0 Å². The number of carbonyl (C=O) groups is 2. The van der Waals surface area contributed by atoms with Crippen molar-refractivity contribution < 1.29 is 23.8 Å². The van der Waals surface area contributed by atoms with E-state index in [1.165, 1.54) is 11.3 Å². The van der Waals surface area contributed by atoms with Gasteiger partial charge < -0.3 is 19.9 Å². The highest BCUT2D eigenvalue weighted by atomic mass is 32.1. The van der Waals surface area contributed by atoms with E-state index in [9.17, 15) is 9.59 Å². The van der Waals surface area contributed by atoms with Gasteiger partial charge in [-0.2, -0.15) is 0 Å². The number of nitrogens with two attached hydrogens (primary N) is 1. The molecule has 0 saturated carbocycles. The van der Waals surface area contributed by atoms with Gasteiger partial charge in [0.2, 0.25) is 0 Å². The lowest BCUT2D eigenvalue weighted by Crippen LogP contribution is -2.07. The molecule has 7 heteroatoms. The Kier molecular flexibility index (Phi) is 9.28. The van der Waals surface area contributed by atoms with E-state index < -0.39 is 0 Å². The van der Waals surface area contributed by atoms with Crippen LogP contribution in [0.25, 0.3) is 10.4 Å². The number of hydrogen-bond acceptors (Lipinski definition) is 7. The molecular weight excluding hydrogens is 426 g/mol. The monoisotopic (exact) mass is 455 g/mol. The molecule has 0 bridgehead atoms. The molecule has 0 atom stereocenters. The molecule has 2 aromatic carbocycles. The predicted octanol–water partition coefficient (Wildman–Crippen LogP) is 5.32. The van der Waals surface area contributed by atoms with Crippen molar-refractivity contribution in [3.63, 3.8) is 0 Å². The molecule has 3 rings (SSSR count). The van der Waals surface area contributed by atoms with Crippen molar-refractivity contribution in [3.8, 4) is 21.9 Å². The van der Waals surface area contributed by atoms with Crippen LogP contribution in [0.4, 0.5) is 5.00 Å². The number of thiophene rings is 1. The smallest absolute Gasteiger partial charge is 0.341 e. The summed E-state index contributed by atoms with van der Waals surface area (Å²) in [4.78, 5) is 23.6. The van der Waals surface area contributed by atoms with Gasteiger partial charge >= 0.3 is 5.97 Å². The van der Waals surface area contributed by atoms with Gasteiger partial charge in [0.25, 0.3) is 0 Å². The second-order valence-corrected chi connectivity index (χ2v) is 8.02. The maximum Gasteiger partial charge on any atom is 0.341 e. The van der Waals surface area contributed by atoms with Crippen molar-refractivity contribution in [2.24, 2.45) is 0 Å². The molecule has 0 unspecified atom stereocenters. The topological polar surface area (TPSA) is 87.8 Å². The molecule has 1 heterocycles. The molecule has 0 aliphatic carbocycles. The summed E-state index contributed by atoms with van der Waals surface area (Å²) in [6.45, 7) is 5.59. The number of Topliss-reactive ketones (excluding diaryl/α,β-unsaturated/α-hetero) is 1. The van der Waals surface area contributed by atoms with Gasteiger partial charge in [0.15, 0.2) is 0 Å². The van der Waals surface area contributed by atoms with Crippen molar-refractivity contribution >= 4 is 28.1 Å². The fourth-order valence-corrected chi connectivity index (χ4v) is 4.11. The molecule has 0 saturated heterocycles. The summed E-state index contributed by atoms with van der Waals surface area (Å²) in [5, 5.41) is 0.492. The Labute approximate surface area is 192 Å². The molecule has 0 fully saturated rings. The molecule has 0 spiro atoms. The Balaban J connectivity index is 0.000000258. The molecule has 6 nitrogen and oxygen atoms in total. The average Bonchev–Trinajstić information content (AvgIpc) is 3.08. The first-order chi connectivity index (χ1) is 15.3. The molecule has 1 aromatic heterocycles. The van der Waals surface area contributed by atoms with Crippen molar-refractivity contribution in [1.82, 2.24) is 0 Å². The first-order valence-corrected chi connectivity index (χ1v) is 10.9. The van der Waals surface area contributed by atoms with Gasteiger partial charge in [-0.05, 0) is 73.9 Å². The molecule has 32 heavy (non-hydrogen) atoms. The van der Waals surface area contributed by atoms with E-state index in [1.807, 2.05) is 55.5 Å². The van der Waals surface area contributed by atoms with Crippen molar-refractivity contribution in [2.45, 2.75) is 27.2 Å². The highest BCUT2D eigenvalue weighted by molar-refractivity contribution is 7.19. The highest BCUT2D eigenvalue weighted by Gasteiger charge is 2.21. The van der Waals surface area contributed by atoms with E-state index in [4.69, 9.17) is 19.9 Å². The van der Waals surface area contributed by atoms with Crippen LogP contribution < -0.4 is 15.2 Å².